The van der Waals surface area contributed by atoms with E-state index < -0.39 is 0 Å². The van der Waals surface area contributed by atoms with Crippen molar-refractivity contribution in [1.82, 2.24) is 0 Å². The molecule has 2 heterocycles. The Kier molecular flexibility index (Phi) is 2.10. The van der Waals surface area contributed by atoms with Crippen LogP contribution in [0.4, 0.5) is 11.4 Å². The minimum atomic E-state index is 0.592. The maximum absolute atomic E-state index is 3.55. The van der Waals surface area contributed by atoms with Crippen molar-refractivity contribution in [2.75, 3.05) is 16.8 Å². The summed E-state index contributed by atoms with van der Waals surface area (Å²) in [4.78, 5) is 2.55. The van der Waals surface area contributed by atoms with Crippen LogP contribution in [0.5, 0.6) is 0 Å². The zero-order valence-corrected chi connectivity index (χ0v) is 10.3. The van der Waals surface area contributed by atoms with Gasteiger partial charge in [-0.2, -0.15) is 0 Å². The largest absolute Gasteiger partial charge is 0.381 e. The summed E-state index contributed by atoms with van der Waals surface area (Å²) >= 11 is 0. The summed E-state index contributed by atoms with van der Waals surface area (Å²) in [6.45, 7) is 2.09. The normalized spacial score (nSPS) is 20.4. The van der Waals surface area contributed by atoms with E-state index in [1.54, 1.807) is 0 Å². The fourth-order valence-corrected chi connectivity index (χ4v) is 3.15. The minimum absolute atomic E-state index is 0.592. The highest BCUT2D eigenvalue weighted by molar-refractivity contribution is 5.73. The number of rotatable bonds is 0. The van der Waals surface area contributed by atoms with Crippen LogP contribution in [0.2, 0.25) is 0 Å². The van der Waals surface area contributed by atoms with Crippen molar-refractivity contribution in [3.8, 4) is 0 Å². The standard InChI is InChI=1S/C16H16N2/c1-2-6-13-11-18-14(9-12(13)5-1)10-17-15-7-3-4-8-16(15)18/h1-8,14,17H,9-11H2. The Morgan fingerprint density at radius 1 is 0.944 bits per heavy atom. The Morgan fingerprint density at radius 2 is 1.72 bits per heavy atom. The van der Waals surface area contributed by atoms with Crippen molar-refractivity contribution < 1.29 is 0 Å². The molecule has 0 fully saturated rings. The van der Waals surface area contributed by atoms with Crippen molar-refractivity contribution in [1.29, 1.82) is 0 Å². The highest BCUT2D eigenvalue weighted by atomic mass is 15.2. The van der Waals surface area contributed by atoms with Crippen LogP contribution in [0, 0.1) is 0 Å². The van der Waals surface area contributed by atoms with Gasteiger partial charge < -0.3 is 10.2 Å². The number of benzene rings is 2. The molecule has 2 aromatic rings. The van der Waals surface area contributed by atoms with Crippen LogP contribution < -0.4 is 10.2 Å². The van der Waals surface area contributed by atoms with Gasteiger partial charge in [-0.25, -0.2) is 0 Å². The van der Waals surface area contributed by atoms with E-state index in [0.717, 1.165) is 19.5 Å². The van der Waals surface area contributed by atoms with E-state index in [1.807, 2.05) is 0 Å². The van der Waals surface area contributed by atoms with Gasteiger partial charge in [-0.05, 0) is 29.7 Å². The molecule has 0 bridgehead atoms. The van der Waals surface area contributed by atoms with Gasteiger partial charge in [0.05, 0.1) is 17.4 Å². The van der Waals surface area contributed by atoms with E-state index in [1.165, 1.54) is 22.5 Å². The number of anilines is 2. The van der Waals surface area contributed by atoms with Gasteiger partial charge in [0.15, 0.2) is 0 Å². The number of para-hydroxylation sites is 2. The van der Waals surface area contributed by atoms with Crippen molar-refractivity contribution in [3.63, 3.8) is 0 Å². The molecule has 0 radical (unpaired) electrons. The molecule has 1 unspecified atom stereocenters. The van der Waals surface area contributed by atoms with Gasteiger partial charge in [-0.1, -0.05) is 36.4 Å². The molecule has 90 valence electrons. The first-order valence-corrected chi connectivity index (χ1v) is 6.58. The minimum Gasteiger partial charge on any atom is -0.381 e. The smallest absolute Gasteiger partial charge is 0.0608 e. The number of hydrogen-bond acceptors (Lipinski definition) is 2. The number of nitrogens with one attached hydrogen (secondary N) is 1. The number of fused-ring (bicyclic) bond motifs is 4. The summed E-state index contributed by atoms with van der Waals surface area (Å²) in [7, 11) is 0. The van der Waals surface area contributed by atoms with Gasteiger partial charge in [0.25, 0.3) is 0 Å². The average Bonchev–Trinajstić information content (AvgIpc) is 2.45. The molecule has 1 atom stereocenters. The van der Waals surface area contributed by atoms with Crippen molar-refractivity contribution in [2.24, 2.45) is 0 Å². The second-order valence-electron chi connectivity index (χ2n) is 5.15. The third kappa shape index (κ3) is 1.42. The Morgan fingerprint density at radius 3 is 2.67 bits per heavy atom. The first-order valence-electron chi connectivity index (χ1n) is 6.58. The molecule has 0 spiro atoms. The van der Waals surface area contributed by atoms with Gasteiger partial charge in [-0.3, -0.25) is 0 Å². The van der Waals surface area contributed by atoms with E-state index in [4.69, 9.17) is 0 Å². The summed E-state index contributed by atoms with van der Waals surface area (Å²) in [5, 5.41) is 3.55. The second kappa shape index (κ2) is 3.77. The molecule has 0 amide bonds. The molecule has 2 aliphatic rings. The van der Waals surface area contributed by atoms with E-state index in [9.17, 15) is 0 Å². The Labute approximate surface area is 107 Å². The van der Waals surface area contributed by atoms with Crippen LogP contribution in [0.1, 0.15) is 11.1 Å². The predicted octanol–water partition coefficient (Wildman–Crippen LogP) is 3.04. The Hall–Kier alpha value is -1.96. The van der Waals surface area contributed by atoms with Gasteiger partial charge in [0.1, 0.15) is 0 Å². The third-order valence-electron chi connectivity index (χ3n) is 4.10. The molecule has 18 heavy (non-hydrogen) atoms. The van der Waals surface area contributed by atoms with Crippen LogP contribution >= 0.6 is 0 Å². The molecule has 0 saturated heterocycles. The lowest BCUT2D eigenvalue weighted by molar-refractivity contribution is 0.562. The van der Waals surface area contributed by atoms with E-state index in [2.05, 4.69) is 58.7 Å². The Balaban J connectivity index is 1.79. The van der Waals surface area contributed by atoms with Gasteiger partial charge in [-0.15, -0.1) is 0 Å². The van der Waals surface area contributed by atoms with Gasteiger partial charge >= 0.3 is 0 Å². The molecular formula is C16H16N2. The van der Waals surface area contributed by atoms with Crippen molar-refractivity contribution >= 4 is 11.4 Å². The molecule has 2 aromatic carbocycles. The van der Waals surface area contributed by atoms with Crippen LogP contribution in [0.15, 0.2) is 48.5 Å². The monoisotopic (exact) mass is 236 g/mol. The maximum atomic E-state index is 3.55. The highest BCUT2D eigenvalue weighted by Crippen LogP contribution is 2.36. The summed E-state index contributed by atoms with van der Waals surface area (Å²) in [6.07, 6.45) is 1.15. The summed E-state index contributed by atoms with van der Waals surface area (Å²) < 4.78 is 0. The lowest BCUT2D eigenvalue weighted by atomic mass is 9.92. The van der Waals surface area contributed by atoms with Crippen LogP contribution in [0.3, 0.4) is 0 Å². The van der Waals surface area contributed by atoms with Crippen LogP contribution in [-0.4, -0.2) is 12.6 Å². The van der Waals surface area contributed by atoms with Gasteiger partial charge in [0.2, 0.25) is 0 Å². The third-order valence-corrected chi connectivity index (χ3v) is 4.10. The topological polar surface area (TPSA) is 15.3 Å². The number of hydrogen-bond donors (Lipinski definition) is 1. The molecule has 0 aliphatic carbocycles. The molecule has 4 rings (SSSR count). The van der Waals surface area contributed by atoms with E-state index >= 15 is 0 Å². The van der Waals surface area contributed by atoms with Crippen molar-refractivity contribution in [2.45, 2.75) is 19.0 Å². The first-order chi connectivity index (χ1) is 8.92. The predicted molar refractivity (Wildman–Crippen MR) is 75.0 cm³/mol. The molecule has 0 saturated carbocycles. The van der Waals surface area contributed by atoms with Crippen LogP contribution in [0.25, 0.3) is 0 Å². The SMILES string of the molecule is c1ccc2c(c1)CC1CNc3ccccc3N1C2. The molecule has 2 nitrogen and oxygen atoms in total. The fraction of sp³-hybridized carbons (Fsp3) is 0.250. The fourth-order valence-electron chi connectivity index (χ4n) is 3.15. The summed E-state index contributed by atoms with van der Waals surface area (Å²) in [5.41, 5.74) is 5.61. The molecule has 2 heteroatoms. The lowest BCUT2D eigenvalue weighted by Gasteiger charge is -2.43. The second-order valence-corrected chi connectivity index (χ2v) is 5.15. The Bertz CT molecular complexity index is 591. The maximum Gasteiger partial charge on any atom is 0.0608 e. The van der Waals surface area contributed by atoms with E-state index in [-0.39, 0.29) is 0 Å². The molecule has 0 aromatic heterocycles. The molecule has 2 aliphatic heterocycles. The van der Waals surface area contributed by atoms with Crippen LogP contribution in [-0.2, 0) is 13.0 Å². The highest BCUT2D eigenvalue weighted by Gasteiger charge is 2.30. The van der Waals surface area contributed by atoms with E-state index in [0.29, 0.717) is 6.04 Å². The quantitative estimate of drug-likeness (QED) is 0.756. The molecule has 1 N–H and O–H groups in total. The van der Waals surface area contributed by atoms with Gasteiger partial charge in [0, 0.05) is 13.1 Å². The average molecular weight is 236 g/mol. The number of nitrogens with zero attached hydrogens (tertiary/aromatic N) is 1. The molecular weight excluding hydrogens is 220 g/mol. The summed E-state index contributed by atoms with van der Waals surface area (Å²) in [6, 6.07) is 18.0. The summed E-state index contributed by atoms with van der Waals surface area (Å²) in [5.74, 6) is 0. The zero-order valence-electron chi connectivity index (χ0n) is 10.3. The first kappa shape index (κ1) is 10.0. The van der Waals surface area contributed by atoms with Crippen molar-refractivity contribution in [3.05, 3.63) is 59.7 Å². The lowest BCUT2D eigenvalue weighted by Crippen LogP contribution is -2.47. The zero-order chi connectivity index (χ0) is 11.9.